The van der Waals surface area contributed by atoms with Gasteiger partial charge >= 0.3 is 5.97 Å². The van der Waals surface area contributed by atoms with Gasteiger partial charge in [0, 0.05) is 12.6 Å². The Kier molecular flexibility index (Phi) is 7.39. The van der Waals surface area contributed by atoms with Crippen LogP contribution in [0.4, 0.5) is 0 Å². The highest BCUT2D eigenvalue weighted by Crippen LogP contribution is 2.12. The van der Waals surface area contributed by atoms with Gasteiger partial charge in [-0.15, -0.1) is 0 Å². The van der Waals surface area contributed by atoms with E-state index in [9.17, 15) is 9.90 Å². The van der Waals surface area contributed by atoms with Gasteiger partial charge in [0.05, 0.1) is 0 Å². The Bertz CT molecular complexity index is 231. The molecule has 0 aromatic carbocycles. The molecule has 0 aliphatic rings. The summed E-state index contributed by atoms with van der Waals surface area (Å²) in [4.78, 5) is 13.5. The first-order chi connectivity index (χ1) is 7.81. The molecule has 0 aromatic heterocycles. The molecule has 2 N–H and O–H groups in total. The van der Waals surface area contributed by atoms with Crippen LogP contribution in [0.15, 0.2) is 0 Å². The van der Waals surface area contributed by atoms with E-state index in [1.165, 1.54) is 6.42 Å². The van der Waals surface area contributed by atoms with Crippen LogP contribution in [-0.2, 0) is 4.79 Å². The minimum Gasteiger partial charge on any atom is -0.480 e. The second-order valence-corrected chi connectivity index (χ2v) is 5.34. The van der Waals surface area contributed by atoms with E-state index in [1.54, 1.807) is 6.92 Å². The zero-order valence-electron chi connectivity index (χ0n) is 11.9. The molecule has 4 heteroatoms. The van der Waals surface area contributed by atoms with E-state index in [0.717, 1.165) is 19.5 Å². The van der Waals surface area contributed by atoms with Gasteiger partial charge in [-0.05, 0) is 47.2 Å². The molecule has 0 rings (SSSR count). The molecule has 102 valence electrons. The lowest BCUT2D eigenvalue weighted by atomic mass is 9.96. The monoisotopic (exact) mass is 244 g/mol. The highest BCUT2D eigenvalue weighted by atomic mass is 16.4. The van der Waals surface area contributed by atoms with Crippen molar-refractivity contribution in [1.82, 2.24) is 10.2 Å². The largest absolute Gasteiger partial charge is 0.480 e. The third-order valence-electron chi connectivity index (χ3n) is 2.97. The first-order valence-electron chi connectivity index (χ1n) is 6.51. The molecule has 0 fully saturated rings. The first kappa shape index (κ1) is 16.4. The molecule has 0 saturated carbocycles. The molecule has 0 aliphatic heterocycles. The predicted octanol–water partition coefficient (Wildman–Crippen LogP) is 1.95. The second kappa shape index (κ2) is 7.67. The standard InChI is InChI=1S/C13H28N2O2/c1-6-7-9-15(5)10-8-13(4,12(16)17)14-11(2)3/h11,14H,6-10H2,1-5H3,(H,16,17). The van der Waals surface area contributed by atoms with Crippen LogP contribution in [0.25, 0.3) is 0 Å². The van der Waals surface area contributed by atoms with E-state index >= 15 is 0 Å². The van der Waals surface area contributed by atoms with Crippen molar-refractivity contribution in [2.24, 2.45) is 0 Å². The Hall–Kier alpha value is -0.610. The lowest BCUT2D eigenvalue weighted by Crippen LogP contribution is -2.53. The summed E-state index contributed by atoms with van der Waals surface area (Å²) in [5, 5.41) is 12.4. The van der Waals surface area contributed by atoms with E-state index in [0.29, 0.717) is 6.42 Å². The third kappa shape index (κ3) is 6.64. The molecule has 0 aliphatic carbocycles. The number of unbranched alkanes of at least 4 members (excludes halogenated alkanes) is 1. The number of hydrogen-bond donors (Lipinski definition) is 2. The Balaban J connectivity index is 4.22. The summed E-state index contributed by atoms with van der Waals surface area (Å²) in [7, 11) is 2.05. The molecule has 0 spiro atoms. The van der Waals surface area contributed by atoms with E-state index in [-0.39, 0.29) is 6.04 Å². The molecule has 1 unspecified atom stereocenters. The molecule has 0 bridgehead atoms. The maximum absolute atomic E-state index is 11.3. The number of nitrogens with one attached hydrogen (secondary N) is 1. The van der Waals surface area contributed by atoms with Crippen molar-refractivity contribution >= 4 is 5.97 Å². The lowest BCUT2D eigenvalue weighted by Gasteiger charge is -2.30. The number of nitrogens with zero attached hydrogens (tertiary/aromatic N) is 1. The van der Waals surface area contributed by atoms with Crippen molar-refractivity contribution in [3.63, 3.8) is 0 Å². The van der Waals surface area contributed by atoms with Crippen molar-refractivity contribution in [3.8, 4) is 0 Å². The van der Waals surface area contributed by atoms with Gasteiger partial charge in [0.2, 0.25) is 0 Å². The highest BCUT2D eigenvalue weighted by molar-refractivity contribution is 5.78. The molecule has 1 atom stereocenters. The summed E-state index contributed by atoms with van der Waals surface area (Å²) < 4.78 is 0. The molecule has 0 radical (unpaired) electrons. The average Bonchev–Trinajstić information content (AvgIpc) is 2.22. The summed E-state index contributed by atoms with van der Waals surface area (Å²) in [6.45, 7) is 9.72. The number of hydrogen-bond acceptors (Lipinski definition) is 3. The Morgan fingerprint density at radius 1 is 1.41 bits per heavy atom. The number of rotatable bonds is 9. The molecular weight excluding hydrogens is 216 g/mol. The fraction of sp³-hybridized carbons (Fsp3) is 0.923. The van der Waals surface area contributed by atoms with Crippen LogP contribution in [0.2, 0.25) is 0 Å². The van der Waals surface area contributed by atoms with Crippen LogP contribution in [-0.4, -0.2) is 47.7 Å². The summed E-state index contributed by atoms with van der Waals surface area (Å²) >= 11 is 0. The quantitative estimate of drug-likeness (QED) is 0.651. The van der Waals surface area contributed by atoms with Crippen molar-refractivity contribution in [2.75, 3.05) is 20.1 Å². The van der Waals surface area contributed by atoms with Crippen molar-refractivity contribution in [3.05, 3.63) is 0 Å². The van der Waals surface area contributed by atoms with E-state index in [4.69, 9.17) is 0 Å². The zero-order valence-corrected chi connectivity index (χ0v) is 11.9. The van der Waals surface area contributed by atoms with E-state index in [2.05, 4.69) is 17.1 Å². The van der Waals surface area contributed by atoms with Gasteiger partial charge in [-0.1, -0.05) is 13.3 Å². The topological polar surface area (TPSA) is 52.6 Å². The van der Waals surface area contributed by atoms with Crippen molar-refractivity contribution in [2.45, 2.75) is 58.5 Å². The van der Waals surface area contributed by atoms with Crippen LogP contribution in [0.5, 0.6) is 0 Å². The van der Waals surface area contributed by atoms with Gasteiger partial charge in [-0.25, -0.2) is 0 Å². The molecule has 0 heterocycles. The fourth-order valence-corrected chi connectivity index (χ4v) is 1.83. The molecule has 17 heavy (non-hydrogen) atoms. The van der Waals surface area contributed by atoms with Gasteiger partial charge in [-0.3, -0.25) is 10.1 Å². The van der Waals surface area contributed by atoms with Crippen LogP contribution in [0.3, 0.4) is 0 Å². The van der Waals surface area contributed by atoms with Crippen LogP contribution in [0, 0.1) is 0 Å². The van der Waals surface area contributed by atoms with Gasteiger partial charge < -0.3 is 10.0 Å². The third-order valence-corrected chi connectivity index (χ3v) is 2.97. The molecule has 0 saturated heterocycles. The fourth-order valence-electron chi connectivity index (χ4n) is 1.83. The maximum Gasteiger partial charge on any atom is 0.323 e. The summed E-state index contributed by atoms with van der Waals surface area (Å²) in [5.41, 5.74) is -0.825. The molecule has 0 aromatic rings. The van der Waals surface area contributed by atoms with Crippen LogP contribution in [0.1, 0.15) is 47.0 Å². The van der Waals surface area contributed by atoms with Crippen LogP contribution < -0.4 is 5.32 Å². The minimum atomic E-state index is -0.825. The van der Waals surface area contributed by atoms with Gasteiger partial charge in [0.1, 0.15) is 5.54 Å². The normalized spacial score (nSPS) is 15.2. The summed E-state index contributed by atoms with van der Waals surface area (Å²) in [5.74, 6) is -0.768. The number of carboxylic acids is 1. The Morgan fingerprint density at radius 3 is 2.41 bits per heavy atom. The summed E-state index contributed by atoms with van der Waals surface area (Å²) in [6, 6.07) is 0.178. The van der Waals surface area contributed by atoms with Gasteiger partial charge in [0.25, 0.3) is 0 Å². The molecular formula is C13H28N2O2. The van der Waals surface area contributed by atoms with Crippen molar-refractivity contribution in [1.29, 1.82) is 0 Å². The number of carboxylic acid groups (broad SMARTS) is 1. The van der Waals surface area contributed by atoms with Gasteiger partial charge in [-0.2, -0.15) is 0 Å². The minimum absolute atomic E-state index is 0.178. The van der Waals surface area contributed by atoms with Gasteiger partial charge in [0.15, 0.2) is 0 Å². The lowest BCUT2D eigenvalue weighted by molar-refractivity contribution is -0.144. The van der Waals surface area contributed by atoms with E-state index < -0.39 is 11.5 Å². The molecule has 4 nitrogen and oxygen atoms in total. The molecule has 0 amide bonds. The maximum atomic E-state index is 11.3. The Labute approximate surface area is 105 Å². The number of carbonyl (C=O) groups is 1. The second-order valence-electron chi connectivity index (χ2n) is 5.34. The first-order valence-corrected chi connectivity index (χ1v) is 6.51. The smallest absolute Gasteiger partial charge is 0.323 e. The SMILES string of the molecule is CCCCN(C)CCC(C)(NC(C)C)C(=O)O. The summed E-state index contributed by atoms with van der Waals surface area (Å²) in [6.07, 6.45) is 2.96. The highest BCUT2D eigenvalue weighted by Gasteiger charge is 2.33. The zero-order chi connectivity index (χ0) is 13.5. The predicted molar refractivity (Wildman–Crippen MR) is 71.3 cm³/mol. The average molecular weight is 244 g/mol. The van der Waals surface area contributed by atoms with Crippen molar-refractivity contribution < 1.29 is 9.90 Å². The van der Waals surface area contributed by atoms with Crippen LogP contribution >= 0.6 is 0 Å². The van der Waals surface area contributed by atoms with E-state index in [1.807, 2.05) is 20.9 Å². The number of aliphatic carboxylic acids is 1. The Morgan fingerprint density at radius 2 is 2.00 bits per heavy atom.